The van der Waals surface area contributed by atoms with Gasteiger partial charge < -0.3 is 9.84 Å². The second-order valence-corrected chi connectivity index (χ2v) is 5.42. The molecule has 0 unspecified atom stereocenters. The monoisotopic (exact) mass is 366 g/mol. The molecule has 0 atom stereocenters. The number of fused-ring (bicyclic) bond motifs is 1. The molecule has 0 bridgehead atoms. The van der Waals surface area contributed by atoms with Gasteiger partial charge in [-0.1, -0.05) is 18.2 Å². The molecule has 3 aromatic rings. The predicted molar refractivity (Wildman–Crippen MR) is 97.7 cm³/mol. The van der Waals surface area contributed by atoms with Crippen LogP contribution < -0.4 is 10.2 Å². The summed E-state index contributed by atoms with van der Waals surface area (Å²) < 4.78 is 5.48. The van der Waals surface area contributed by atoms with Crippen LogP contribution in [-0.2, 0) is 4.79 Å². The van der Waals surface area contributed by atoms with E-state index in [4.69, 9.17) is 4.74 Å². The fourth-order valence-corrected chi connectivity index (χ4v) is 2.31. The third kappa shape index (κ3) is 4.34. The molecular formula is C18H14N4O5. The van der Waals surface area contributed by atoms with E-state index in [1.54, 1.807) is 24.4 Å². The Morgan fingerprint density at radius 1 is 1.30 bits per heavy atom. The minimum Gasteiger partial charge on any atom is -0.502 e. The Morgan fingerprint density at radius 3 is 2.93 bits per heavy atom. The van der Waals surface area contributed by atoms with Crippen molar-refractivity contribution in [3.63, 3.8) is 0 Å². The Balaban J connectivity index is 1.59. The molecule has 27 heavy (non-hydrogen) atoms. The van der Waals surface area contributed by atoms with Gasteiger partial charge in [-0.25, -0.2) is 5.43 Å². The van der Waals surface area contributed by atoms with Crippen molar-refractivity contribution < 1.29 is 19.6 Å². The maximum atomic E-state index is 11.9. The molecule has 0 aliphatic heterocycles. The molecule has 0 spiro atoms. The number of para-hydroxylation sites is 1. The van der Waals surface area contributed by atoms with Gasteiger partial charge in [-0.05, 0) is 24.3 Å². The normalized spacial score (nSPS) is 10.8. The van der Waals surface area contributed by atoms with Crippen LogP contribution in [0.1, 0.15) is 5.56 Å². The van der Waals surface area contributed by atoms with Crippen molar-refractivity contribution in [3.05, 3.63) is 70.4 Å². The minimum atomic E-state index is -0.711. The molecule has 0 radical (unpaired) electrons. The minimum absolute atomic E-state index is 0.275. The highest BCUT2D eigenvalue weighted by Crippen LogP contribution is 2.25. The number of aromatic hydroxyl groups is 1. The zero-order valence-electron chi connectivity index (χ0n) is 13.9. The standard InChI is InChI=1S/C18H14N4O5/c23-15-7-6-12(9-14(15)22(25)26)10-20-21-17(24)11-27-16-5-1-3-13-4-2-8-19-18(13)16/h1-10,23H,11H2,(H,21,24)/b20-10-. The molecule has 1 heterocycles. The summed E-state index contributed by atoms with van der Waals surface area (Å²) in [6.45, 7) is -0.275. The fourth-order valence-electron chi connectivity index (χ4n) is 2.31. The van der Waals surface area contributed by atoms with Gasteiger partial charge in [0.15, 0.2) is 12.4 Å². The lowest BCUT2D eigenvalue weighted by Crippen LogP contribution is -2.24. The summed E-state index contributed by atoms with van der Waals surface area (Å²) in [4.78, 5) is 26.1. The number of benzene rings is 2. The van der Waals surface area contributed by atoms with Crippen molar-refractivity contribution in [2.24, 2.45) is 5.10 Å². The van der Waals surface area contributed by atoms with Crippen LogP contribution in [-0.4, -0.2) is 33.7 Å². The molecule has 0 aliphatic rings. The van der Waals surface area contributed by atoms with Gasteiger partial charge in [-0.3, -0.25) is 19.9 Å². The van der Waals surface area contributed by atoms with Crippen LogP contribution in [0.3, 0.4) is 0 Å². The number of carbonyl (C=O) groups is 1. The van der Waals surface area contributed by atoms with Crippen molar-refractivity contribution >= 4 is 28.7 Å². The van der Waals surface area contributed by atoms with E-state index in [0.29, 0.717) is 16.8 Å². The first-order valence-corrected chi connectivity index (χ1v) is 7.80. The van der Waals surface area contributed by atoms with Gasteiger partial charge in [0.25, 0.3) is 5.91 Å². The van der Waals surface area contributed by atoms with Gasteiger partial charge in [-0.2, -0.15) is 5.10 Å². The summed E-state index contributed by atoms with van der Waals surface area (Å²) in [6, 6.07) is 12.8. The van der Waals surface area contributed by atoms with Crippen LogP contribution in [0.15, 0.2) is 59.8 Å². The van der Waals surface area contributed by atoms with Gasteiger partial charge in [0.1, 0.15) is 11.3 Å². The number of nitro groups is 1. The molecular weight excluding hydrogens is 352 g/mol. The number of pyridine rings is 1. The molecule has 3 rings (SSSR count). The number of aromatic nitrogens is 1. The van der Waals surface area contributed by atoms with Crippen LogP contribution in [0, 0.1) is 10.1 Å². The highest BCUT2D eigenvalue weighted by molar-refractivity contribution is 5.86. The van der Waals surface area contributed by atoms with E-state index in [2.05, 4.69) is 15.5 Å². The fraction of sp³-hybridized carbons (Fsp3) is 0.0556. The van der Waals surface area contributed by atoms with Gasteiger partial charge >= 0.3 is 5.69 Å². The Bertz CT molecular complexity index is 1030. The SMILES string of the molecule is O=C(COc1cccc2cccnc12)N/N=C\c1ccc(O)c([N+](=O)[O-])c1. The molecule has 1 aromatic heterocycles. The molecule has 0 saturated heterocycles. The number of nitrogens with one attached hydrogen (secondary N) is 1. The zero-order valence-corrected chi connectivity index (χ0v) is 13.9. The van der Waals surface area contributed by atoms with Gasteiger partial charge in [0.05, 0.1) is 11.1 Å². The van der Waals surface area contributed by atoms with Crippen LogP contribution in [0.2, 0.25) is 0 Å². The number of hydrazone groups is 1. The number of ether oxygens (including phenoxy) is 1. The number of hydrogen-bond acceptors (Lipinski definition) is 7. The molecule has 2 N–H and O–H groups in total. The van der Waals surface area contributed by atoms with Crippen molar-refractivity contribution in [3.8, 4) is 11.5 Å². The molecule has 9 heteroatoms. The van der Waals surface area contributed by atoms with Gasteiger partial charge in [-0.15, -0.1) is 0 Å². The van der Waals surface area contributed by atoms with E-state index < -0.39 is 22.3 Å². The summed E-state index contributed by atoms with van der Waals surface area (Å²) in [7, 11) is 0. The number of nitro benzene ring substituents is 1. The highest BCUT2D eigenvalue weighted by atomic mass is 16.6. The summed E-state index contributed by atoms with van der Waals surface area (Å²) in [5.74, 6) is -0.480. The lowest BCUT2D eigenvalue weighted by Gasteiger charge is -2.07. The molecule has 0 aliphatic carbocycles. The van der Waals surface area contributed by atoms with E-state index in [1.165, 1.54) is 18.3 Å². The van der Waals surface area contributed by atoms with Crippen molar-refractivity contribution in [1.29, 1.82) is 0 Å². The van der Waals surface area contributed by atoms with E-state index in [0.717, 1.165) is 11.5 Å². The number of carbonyl (C=O) groups excluding carboxylic acids is 1. The zero-order chi connectivity index (χ0) is 19.2. The molecule has 2 aromatic carbocycles. The lowest BCUT2D eigenvalue weighted by molar-refractivity contribution is -0.385. The Kier molecular flexibility index (Phi) is 5.22. The number of phenolic OH excluding ortho intramolecular Hbond substituents is 1. The predicted octanol–water partition coefficient (Wildman–Crippen LogP) is 2.38. The van der Waals surface area contributed by atoms with Crippen LogP contribution in [0.5, 0.6) is 11.5 Å². The molecule has 136 valence electrons. The summed E-state index contributed by atoms with van der Waals surface area (Å²) >= 11 is 0. The Labute approximate surface area is 153 Å². The molecule has 0 saturated carbocycles. The average molecular weight is 366 g/mol. The van der Waals surface area contributed by atoms with E-state index in [-0.39, 0.29) is 6.61 Å². The van der Waals surface area contributed by atoms with Crippen molar-refractivity contribution in [2.75, 3.05) is 6.61 Å². The van der Waals surface area contributed by atoms with E-state index in [1.807, 2.05) is 12.1 Å². The molecule has 1 amide bonds. The number of hydrogen-bond donors (Lipinski definition) is 2. The second-order valence-electron chi connectivity index (χ2n) is 5.42. The number of rotatable bonds is 6. The summed E-state index contributed by atoms with van der Waals surface area (Å²) in [5.41, 5.74) is 2.81. The summed E-state index contributed by atoms with van der Waals surface area (Å²) in [6.07, 6.45) is 2.86. The largest absolute Gasteiger partial charge is 0.502 e. The van der Waals surface area contributed by atoms with E-state index in [9.17, 15) is 20.0 Å². The third-order valence-electron chi connectivity index (χ3n) is 3.55. The second kappa shape index (κ2) is 7.91. The van der Waals surface area contributed by atoms with Crippen molar-refractivity contribution in [1.82, 2.24) is 10.4 Å². The van der Waals surface area contributed by atoms with Gasteiger partial charge in [0, 0.05) is 23.2 Å². The van der Waals surface area contributed by atoms with Crippen molar-refractivity contribution in [2.45, 2.75) is 0 Å². The number of phenols is 1. The topological polar surface area (TPSA) is 127 Å². The highest BCUT2D eigenvalue weighted by Gasteiger charge is 2.12. The first-order valence-electron chi connectivity index (χ1n) is 7.80. The average Bonchev–Trinajstić information content (AvgIpc) is 2.67. The maximum Gasteiger partial charge on any atom is 0.311 e. The molecule has 9 nitrogen and oxygen atoms in total. The Morgan fingerprint density at radius 2 is 2.11 bits per heavy atom. The number of nitrogens with zero attached hydrogens (tertiary/aromatic N) is 3. The first-order chi connectivity index (χ1) is 13.0. The lowest BCUT2D eigenvalue weighted by atomic mass is 10.2. The first kappa shape index (κ1) is 17.8. The van der Waals surface area contributed by atoms with Crippen LogP contribution >= 0.6 is 0 Å². The van der Waals surface area contributed by atoms with Gasteiger partial charge in [0.2, 0.25) is 0 Å². The maximum absolute atomic E-state index is 11.9. The van der Waals surface area contributed by atoms with Crippen LogP contribution in [0.4, 0.5) is 5.69 Å². The quantitative estimate of drug-likeness (QED) is 0.392. The molecule has 0 fully saturated rings. The van der Waals surface area contributed by atoms with Crippen LogP contribution in [0.25, 0.3) is 10.9 Å². The third-order valence-corrected chi connectivity index (χ3v) is 3.55. The number of amides is 1. The van der Waals surface area contributed by atoms with E-state index >= 15 is 0 Å². The Hall–Kier alpha value is -4.01. The summed E-state index contributed by atoms with van der Waals surface area (Å²) in [5, 5.41) is 24.8. The smallest absolute Gasteiger partial charge is 0.311 e.